The van der Waals surface area contributed by atoms with Crippen LogP contribution in [-0.4, -0.2) is 64.3 Å². The topological polar surface area (TPSA) is 84.3 Å². The van der Waals surface area contributed by atoms with Crippen LogP contribution in [-0.2, 0) is 4.79 Å². The molecule has 8 heteroatoms. The first-order valence-electron chi connectivity index (χ1n) is 12.9. The van der Waals surface area contributed by atoms with Gasteiger partial charge in [-0.05, 0) is 19.4 Å². The molecule has 0 aliphatic carbocycles. The van der Waals surface area contributed by atoms with Crippen LogP contribution in [0, 0.1) is 0 Å². The predicted molar refractivity (Wildman–Crippen MR) is 138 cm³/mol. The molecule has 2 N–H and O–H groups in total. The van der Waals surface area contributed by atoms with E-state index in [0.717, 1.165) is 48.6 Å². The van der Waals surface area contributed by atoms with Crippen LogP contribution in [0.4, 0.5) is 0 Å². The first kappa shape index (κ1) is 29.5. The standard InChI is InChI=1S/C24H45N4OS.CH2O2/c1-5-8-10-12-13-17-22(25-7-3)28(4)18-15-16-21(20-28)23-24(27-30-26-23)29-19-14-11-9-6-2;2-1-3/h16,22,25H,5-15,17-20H2,1-4H3;1H,(H,2,3)/q+1;. The smallest absolute Gasteiger partial charge is 0.290 e. The lowest BCUT2D eigenvalue weighted by Gasteiger charge is -2.44. The van der Waals surface area contributed by atoms with Crippen LogP contribution in [0.25, 0.3) is 5.57 Å². The quantitative estimate of drug-likeness (QED) is 0.177. The second kappa shape index (κ2) is 17.9. The second-order valence-corrected chi connectivity index (χ2v) is 9.62. The Labute approximate surface area is 205 Å². The van der Waals surface area contributed by atoms with Crippen molar-refractivity contribution in [2.75, 3.05) is 33.3 Å². The van der Waals surface area contributed by atoms with Gasteiger partial charge in [-0.1, -0.05) is 71.8 Å². The van der Waals surface area contributed by atoms with Gasteiger partial charge in [0.05, 0.1) is 31.9 Å². The van der Waals surface area contributed by atoms with Crippen LogP contribution in [0.3, 0.4) is 0 Å². The number of unbranched alkanes of at least 4 members (excludes halogenated alkanes) is 7. The van der Waals surface area contributed by atoms with Crippen LogP contribution in [0.2, 0.25) is 0 Å². The first-order chi connectivity index (χ1) is 16.1. The number of quaternary nitrogens is 1. The van der Waals surface area contributed by atoms with Gasteiger partial charge in [-0.3, -0.25) is 10.1 Å². The summed E-state index contributed by atoms with van der Waals surface area (Å²) in [5.74, 6) is 0.746. The Bertz CT molecular complexity index is 668. The number of nitrogens with zero attached hydrogens (tertiary/aromatic N) is 3. The van der Waals surface area contributed by atoms with Gasteiger partial charge in [-0.15, -0.1) is 4.37 Å². The summed E-state index contributed by atoms with van der Waals surface area (Å²) in [7, 11) is 2.41. The number of carboxylic acid groups (broad SMARTS) is 1. The van der Waals surface area contributed by atoms with Crippen molar-refractivity contribution >= 4 is 23.8 Å². The van der Waals surface area contributed by atoms with Gasteiger partial charge in [-0.2, -0.15) is 4.37 Å². The highest BCUT2D eigenvalue weighted by Crippen LogP contribution is 2.32. The minimum atomic E-state index is -0.250. The molecule has 33 heavy (non-hydrogen) atoms. The number of ether oxygens (including phenoxy) is 1. The van der Waals surface area contributed by atoms with Gasteiger partial charge in [0, 0.05) is 18.4 Å². The minimum Gasteiger partial charge on any atom is -0.483 e. The monoisotopic (exact) mass is 483 g/mol. The van der Waals surface area contributed by atoms with Crippen molar-refractivity contribution in [2.24, 2.45) is 0 Å². The number of carbonyl (C=O) groups is 1. The molecule has 1 aromatic heterocycles. The first-order valence-corrected chi connectivity index (χ1v) is 13.6. The summed E-state index contributed by atoms with van der Waals surface area (Å²) < 4.78 is 16.2. The van der Waals surface area contributed by atoms with E-state index in [4.69, 9.17) is 14.6 Å². The summed E-state index contributed by atoms with van der Waals surface area (Å²) in [5.41, 5.74) is 2.30. The Morgan fingerprint density at radius 3 is 2.45 bits per heavy atom. The summed E-state index contributed by atoms with van der Waals surface area (Å²) in [6.45, 7) is 10.5. The van der Waals surface area contributed by atoms with Crippen LogP contribution in [0.15, 0.2) is 6.08 Å². The third-order valence-electron chi connectivity index (χ3n) is 6.33. The van der Waals surface area contributed by atoms with E-state index < -0.39 is 0 Å². The van der Waals surface area contributed by atoms with Gasteiger partial charge >= 0.3 is 0 Å². The lowest BCUT2D eigenvalue weighted by molar-refractivity contribution is -0.931. The molecule has 0 amide bonds. The molecule has 2 atom stereocenters. The fourth-order valence-electron chi connectivity index (χ4n) is 4.48. The number of hydrogen-bond donors (Lipinski definition) is 2. The Morgan fingerprint density at radius 2 is 1.79 bits per heavy atom. The average Bonchev–Trinajstić information content (AvgIpc) is 3.27. The van der Waals surface area contributed by atoms with E-state index in [-0.39, 0.29) is 6.47 Å². The van der Waals surface area contributed by atoms with Crippen molar-refractivity contribution in [1.82, 2.24) is 14.1 Å². The Hall–Kier alpha value is -1.51. The molecule has 0 spiro atoms. The zero-order chi connectivity index (χ0) is 24.4. The normalized spacial score (nSPS) is 18.7. The number of nitrogens with one attached hydrogen (secondary N) is 1. The van der Waals surface area contributed by atoms with Crippen molar-refractivity contribution in [2.45, 2.75) is 97.6 Å². The maximum atomic E-state index is 8.36. The number of rotatable bonds is 16. The molecule has 7 nitrogen and oxygen atoms in total. The molecule has 0 saturated heterocycles. The molecule has 2 rings (SSSR count). The van der Waals surface area contributed by atoms with Gasteiger partial charge < -0.3 is 14.3 Å². The van der Waals surface area contributed by atoms with Crippen molar-refractivity contribution in [3.8, 4) is 5.88 Å². The zero-order valence-corrected chi connectivity index (χ0v) is 22.2. The third-order valence-corrected chi connectivity index (χ3v) is 6.85. The number of hydrogen-bond acceptors (Lipinski definition) is 6. The van der Waals surface area contributed by atoms with E-state index in [0.29, 0.717) is 6.17 Å². The van der Waals surface area contributed by atoms with E-state index in [1.807, 2.05) is 0 Å². The van der Waals surface area contributed by atoms with Crippen molar-refractivity contribution in [1.29, 1.82) is 0 Å². The number of likely N-dealkylation sites (N-methyl/N-ethyl adjacent to an activating group) is 1. The van der Waals surface area contributed by atoms with Crippen LogP contribution in [0.5, 0.6) is 5.88 Å². The highest BCUT2D eigenvalue weighted by molar-refractivity contribution is 6.99. The van der Waals surface area contributed by atoms with E-state index in [9.17, 15) is 0 Å². The SMILES string of the molecule is CCCCCCCC(NCC)[N+]1(C)CCC=C(c2nsnc2OCCCCCC)C1.O=CO. The summed E-state index contributed by atoms with van der Waals surface area (Å²) in [4.78, 5) is 8.36. The van der Waals surface area contributed by atoms with Crippen LogP contribution >= 0.6 is 11.7 Å². The zero-order valence-electron chi connectivity index (χ0n) is 21.4. The minimum absolute atomic E-state index is 0.250. The molecule has 0 aromatic carbocycles. The van der Waals surface area contributed by atoms with Crippen molar-refractivity contribution < 1.29 is 19.1 Å². The fraction of sp³-hybridized carbons (Fsp3) is 0.800. The predicted octanol–water partition coefficient (Wildman–Crippen LogP) is 5.73. The molecule has 0 saturated carbocycles. The summed E-state index contributed by atoms with van der Waals surface area (Å²) in [5, 5.41) is 10.7. The van der Waals surface area contributed by atoms with Crippen molar-refractivity contribution in [3.05, 3.63) is 11.8 Å². The highest BCUT2D eigenvalue weighted by atomic mass is 32.1. The van der Waals surface area contributed by atoms with Crippen LogP contribution < -0.4 is 10.1 Å². The summed E-state index contributed by atoms with van der Waals surface area (Å²) in [6, 6.07) is 0. The Kier molecular flexibility index (Phi) is 16.0. The van der Waals surface area contributed by atoms with Gasteiger partial charge in [0.2, 0.25) is 0 Å². The number of aromatic nitrogens is 2. The summed E-state index contributed by atoms with van der Waals surface area (Å²) in [6.07, 6.45) is 16.8. The molecular weight excluding hydrogens is 436 g/mol. The molecule has 190 valence electrons. The average molecular weight is 484 g/mol. The Balaban J connectivity index is 0.00000172. The molecule has 1 aliphatic heterocycles. The fourth-order valence-corrected chi connectivity index (χ4v) is 5.02. The molecule has 1 aromatic rings. The van der Waals surface area contributed by atoms with Gasteiger partial charge in [0.15, 0.2) is 0 Å². The second-order valence-electron chi connectivity index (χ2n) is 9.09. The molecule has 0 fully saturated rings. The maximum Gasteiger partial charge on any atom is 0.290 e. The summed E-state index contributed by atoms with van der Waals surface area (Å²) >= 11 is 1.28. The lowest BCUT2D eigenvalue weighted by atomic mass is 10.0. The Morgan fingerprint density at radius 1 is 1.12 bits per heavy atom. The lowest BCUT2D eigenvalue weighted by Crippen LogP contribution is -2.60. The molecule has 2 unspecified atom stereocenters. The molecule has 0 bridgehead atoms. The third kappa shape index (κ3) is 11.0. The molecule has 0 radical (unpaired) electrons. The van der Waals surface area contributed by atoms with Gasteiger partial charge in [0.25, 0.3) is 12.4 Å². The molecular formula is C25H47N4O3S+. The molecule has 2 heterocycles. The molecule has 1 aliphatic rings. The largest absolute Gasteiger partial charge is 0.483 e. The van der Waals surface area contributed by atoms with Gasteiger partial charge in [0.1, 0.15) is 18.4 Å². The van der Waals surface area contributed by atoms with Crippen LogP contribution in [0.1, 0.15) is 97.1 Å². The van der Waals surface area contributed by atoms with Gasteiger partial charge in [-0.25, -0.2) is 0 Å². The van der Waals surface area contributed by atoms with E-state index in [2.05, 4.69) is 48.0 Å². The maximum absolute atomic E-state index is 8.36. The highest BCUT2D eigenvalue weighted by Gasteiger charge is 2.36. The van der Waals surface area contributed by atoms with E-state index >= 15 is 0 Å². The van der Waals surface area contributed by atoms with Crippen molar-refractivity contribution in [3.63, 3.8) is 0 Å². The van der Waals surface area contributed by atoms with E-state index in [1.165, 1.54) is 81.6 Å². The van der Waals surface area contributed by atoms with E-state index in [1.54, 1.807) is 0 Å².